The number of aryl methyl sites for hydroxylation is 2. The number of thiazole rings is 1. The largest absolute Gasteiger partial charge is 0.398 e. The highest BCUT2D eigenvalue weighted by Crippen LogP contribution is 2.24. The summed E-state index contributed by atoms with van der Waals surface area (Å²) in [5.41, 5.74) is 7.54. The van der Waals surface area contributed by atoms with E-state index in [0.29, 0.717) is 21.4 Å². The van der Waals surface area contributed by atoms with Crippen LogP contribution in [0, 0.1) is 6.92 Å². The molecule has 0 radical (unpaired) electrons. The van der Waals surface area contributed by atoms with Gasteiger partial charge >= 0.3 is 0 Å². The molecule has 0 fully saturated rings. The van der Waals surface area contributed by atoms with Crippen LogP contribution in [0.25, 0.3) is 0 Å². The number of nitrogens with two attached hydrogens (primary N) is 1. The smallest absolute Gasteiger partial charge is 0.257 e. The topological polar surface area (TPSA) is 68.0 Å². The molecule has 0 saturated carbocycles. The molecule has 100 valence electrons. The fraction of sp³-hybridized carbons (Fsp3) is 0.231. The lowest BCUT2D eigenvalue weighted by Crippen LogP contribution is -2.12. The highest BCUT2D eigenvalue weighted by Gasteiger charge is 2.11. The Bertz CT molecular complexity index is 624. The Morgan fingerprint density at radius 1 is 1.53 bits per heavy atom. The quantitative estimate of drug-likeness (QED) is 0.852. The molecule has 0 atom stereocenters. The first-order valence-corrected chi connectivity index (χ1v) is 7.03. The first kappa shape index (κ1) is 13.8. The number of amides is 1. The van der Waals surface area contributed by atoms with Crippen molar-refractivity contribution >= 4 is 39.7 Å². The van der Waals surface area contributed by atoms with Gasteiger partial charge in [0.1, 0.15) is 0 Å². The van der Waals surface area contributed by atoms with Gasteiger partial charge in [-0.2, -0.15) is 0 Å². The van der Waals surface area contributed by atoms with E-state index in [-0.39, 0.29) is 5.91 Å². The van der Waals surface area contributed by atoms with Crippen LogP contribution in [0.3, 0.4) is 0 Å². The van der Waals surface area contributed by atoms with Crippen LogP contribution in [0.4, 0.5) is 10.8 Å². The van der Waals surface area contributed by atoms with Crippen molar-refractivity contribution in [1.29, 1.82) is 0 Å². The number of hydrogen-bond donors (Lipinski definition) is 2. The molecule has 0 aliphatic heterocycles. The molecule has 19 heavy (non-hydrogen) atoms. The summed E-state index contributed by atoms with van der Waals surface area (Å²) in [5, 5.41) is 3.81. The predicted molar refractivity (Wildman–Crippen MR) is 80.0 cm³/mol. The maximum atomic E-state index is 12.0. The predicted octanol–water partition coefficient (Wildman–Crippen LogP) is 3.50. The summed E-state index contributed by atoms with van der Waals surface area (Å²) >= 11 is 7.29. The summed E-state index contributed by atoms with van der Waals surface area (Å²) in [4.78, 5) is 17.5. The highest BCUT2D eigenvalue weighted by atomic mass is 35.5. The lowest BCUT2D eigenvalue weighted by atomic mass is 10.2. The second-order valence-corrected chi connectivity index (χ2v) is 5.68. The van der Waals surface area contributed by atoms with E-state index >= 15 is 0 Å². The Labute approximate surface area is 120 Å². The molecule has 0 bridgehead atoms. The Morgan fingerprint density at radius 2 is 2.26 bits per heavy atom. The lowest BCUT2D eigenvalue weighted by Gasteiger charge is -2.03. The third kappa shape index (κ3) is 3.05. The van der Waals surface area contributed by atoms with Crippen LogP contribution < -0.4 is 11.1 Å². The van der Waals surface area contributed by atoms with Crippen molar-refractivity contribution in [2.75, 3.05) is 11.1 Å². The Balaban J connectivity index is 2.18. The van der Waals surface area contributed by atoms with Gasteiger partial charge in [-0.1, -0.05) is 18.5 Å². The van der Waals surface area contributed by atoms with Crippen molar-refractivity contribution in [3.8, 4) is 0 Å². The van der Waals surface area contributed by atoms with Crippen LogP contribution in [-0.4, -0.2) is 10.9 Å². The zero-order valence-electron chi connectivity index (χ0n) is 10.7. The molecule has 2 aromatic rings. The third-order valence-electron chi connectivity index (χ3n) is 2.71. The summed E-state index contributed by atoms with van der Waals surface area (Å²) in [6, 6.07) is 4.80. The zero-order valence-corrected chi connectivity index (χ0v) is 12.2. The van der Waals surface area contributed by atoms with Crippen LogP contribution in [0.1, 0.15) is 27.9 Å². The second-order valence-electron chi connectivity index (χ2n) is 4.07. The molecule has 3 N–H and O–H groups in total. The van der Waals surface area contributed by atoms with E-state index in [4.69, 9.17) is 17.3 Å². The number of aromatic nitrogens is 1. The fourth-order valence-electron chi connectivity index (χ4n) is 1.66. The molecule has 0 aliphatic rings. The van der Waals surface area contributed by atoms with Crippen LogP contribution in [0.2, 0.25) is 5.02 Å². The molecule has 1 heterocycles. The van der Waals surface area contributed by atoms with Gasteiger partial charge in [0, 0.05) is 10.4 Å². The van der Waals surface area contributed by atoms with Gasteiger partial charge in [0.25, 0.3) is 5.91 Å². The third-order valence-corrected chi connectivity index (χ3v) is 3.98. The van der Waals surface area contributed by atoms with Crippen molar-refractivity contribution in [3.63, 3.8) is 0 Å². The second kappa shape index (κ2) is 5.59. The fourth-order valence-corrected chi connectivity index (χ4v) is 2.68. The average molecular weight is 296 g/mol. The van der Waals surface area contributed by atoms with E-state index in [0.717, 1.165) is 17.0 Å². The molecule has 4 nitrogen and oxygen atoms in total. The number of benzene rings is 1. The summed E-state index contributed by atoms with van der Waals surface area (Å²) in [6.45, 7) is 4.03. The number of nitrogens with one attached hydrogen (secondary N) is 1. The minimum Gasteiger partial charge on any atom is -0.398 e. The van der Waals surface area contributed by atoms with Crippen LogP contribution in [0.5, 0.6) is 0 Å². The maximum absolute atomic E-state index is 12.0. The van der Waals surface area contributed by atoms with Gasteiger partial charge in [-0.05, 0) is 31.5 Å². The number of rotatable bonds is 3. The Morgan fingerprint density at radius 3 is 2.84 bits per heavy atom. The maximum Gasteiger partial charge on any atom is 0.257 e. The average Bonchev–Trinajstić information content (AvgIpc) is 2.72. The molecular formula is C13H14ClN3OS. The van der Waals surface area contributed by atoms with E-state index < -0.39 is 0 Å². The molecular weight excluding hydrogens is 282 g/mol. The molecule has 6 heteroatoms. The molecule has 1 amide bonds. The Hall–Kier alpha value is -1.59. The van der Waals surface area contributed by atoms with E-state index in [1.807, 2.05) is 13.8 Å². The van der Waals surface area contributed by atoms with Crippen molar-refractivity contribution in [1.82, 2.24) is 4.98 Å². The van der Waals surface area contributed by atoms with Gasteiger partial charge in [-0.15, -0.1) is 11.3 Å². The number of hydrogen-bond acceptors (Lipinski definition) is 4. The SMILES string of the molecule is CCc1nc(NC(=O)c2ccc(Cl)c(N)c2)sc1C. The van der Waals surface area contributed by atoms with Crippen molar-refractivity contribution in [2.45, 2.75) is 20.3 Å². The normalized spacial score (nSPS) is 10.5. The van der Waals surface area contributed by atoms with E-state index in [1.54, 1.807) is 18.2 Å². The van der Waals surface area contributed by atoms with Crippen molar-refractivity contribution in [2.24, 2.45) is 0 Å². The minimum absolute atomic E-state index is 0.236. The number of nitrogen functional groups attached to an aromatic ring is 1. The van der Waals surface area contributed by atoms with Gasteiger partial charge in [-0.3, -0.25) is 10.1 Å². The zero-order chi connectivity index (χ0) is 14.0. The van der Waals surface area contributed by atoms with Gasteiger partial charge in [0.05, 0.1) is 16.4 Å². The summed E-state index contributed by atoms with van der Waals surface area (Å²) in [5.74, 6) is -0.236. The summed E-state index contributed by atoms with van der Waals surface area (Å²) in [6.07, 6.45) is 0.853. The highest BCUT2D eigenvalue weighted by molar-refractivity contribution is 7.15. The van der Waals surface area contributed by atoms with E-state index in [9.17, 15) is 4.79 Å². The number of halogens is 1. The molecule has 0 unspecified atom stereocenters. The van der Waals surface area contributed by atoms with Crippen LogP contribution >= 0.6 is 22.9 Å². The van der Waals surface area contributed by atoms with E-state index in [2.05, 4.69) is 10.3 Å². The summed E-state index contributed by atoms with van der Waals surface area (Å²) < 4.78 is 0. The molecule has 1 aromatic heterocycles. The van der Waals surface area contributed by atoms with E-state index in [1.165, 1.54) is 11.3 Å². The molecule has 2 rings (SSSR count). The summed E-state index contributed by atoms with van der Waals surface area (Å²) in [7, 11) is 0. The number of carbonyl (C=O) groups is 1. The van der Waals surface area contributed by atoms with Crippen molar-refractivity contribution in [3.05, 3.63) is 39.4 Å². The van der Waals surface area contributed by atoms with Crippen molar-refractivity contribution < 1.29 is 4.79 Å². The molecule has 1 aromatic carbocycles. The first-order chi connectivity index (χ1) is 9.01. The Kier molecular flexibility index (Phi) is 4.07. The number of anilines is 2. The van der Waals surface area contributed by atoms with Gasteiger partial charge in [0.2, 0.25) is 0 Å². The van der Waals surface area contributed by atoms with Gasteiger partial charge < -0.3 is 5.73 Å². The minimum atomic E-state index is -0.236. The monoisotopic (exact) mass is 295 g/mol. The molecule has 0 saturated heterocycles. The number of carbonyl (C=O) groups excluding carboxylic acids is 1. The van der Waals surface area contributed by atoms with Gasteiger partial charge in [0.15, 0.2) is 5.13 Å². The first-order valence-electron chi connectivity index (χ1n) is 5.84. The molecule has 0 aliphatic carbocycles. The van der Waals surface area contributed by atoms with Gasteiger partial charge in [-0.25, -0.2) is 4.98 Å². The number of nitrogens with zero attached hydrogens (tertiary/aromatic N) is 1. The standard InChI is InChI=1S/C13H14ClN3OS/c1-3-11-7(2)19-13(16-11)17-12(18)8-4-5-9(14)10(15)6-8/h4-6H,3,15H2,1-2H3,(H,16,17,18). The lowest BCUT2D eigenvalue weighted by molar-refractivity contribution is 0.102. The molecule has 0 spiro atoms. The van der Waals surface area contributed by atoms with Crippen LogP contribution in [0.15, 0.2) is 18.2 Å². The van der Waals surface area contributed by atoms with Crippen LogP contribution in [-0.2, 0) is 6.42 Å².